The van der Waals surface area contributed by atoms with Gasteiger partial charge in [-0.05, 0) is 13.8 Å². The molecule has 7 nitrogen and oxygen atoms in total. The van der Waals surface area contributed by atoms with Crippen molar-refractivity contribution < 1.29 is 22.4 Å². The summed E-state index contributed by atoms with van der Waals surface area (Å²) in [6.07, 6.45) is 0. The van der Waals surface area contributed by atoms with E-state index in [2.05, 4.69) is 9.46 Å². The number of carbonyl (C=O) groups excluding carboxylic acids is 1. The minimum Gasteiger partial charge on any atom is -0.465 e. The molecule has 0 bridgehead atoms. The molecule has 1 aromatic heterocycles. The van der Waals surface area contributed by atoms with Crippen molar-refractivity contribution >= 4 is 16.0 Å². The number of furan rings is 1. The fourth-order valence-electron chi connectivity index (χ4n) is 1.27. The molecule has 0 radical (unpaired) electrons. The Morgan fingerprint density at radius 2 is 2.22 bits per heavy atom. The molecule has 1 aromatic rings. The van der Waals surface area contributed by atoms with Crippen LogP contribution >= 0.6 is 0 Å². The molecule has 0 fully saturated rings. The van der Waals surface area contributed by atoms with E-state index in [1.54, 1.807) is 6.92 Å². The van der Waals surface area contributed by atoms with E-state index in [0.29, 0.717) is 0 Å². The summed E-state index contributed by atoms with van der Waals surface area (Å²) in [7, 11) is -2.61. The van der Waals surface area contributed by atoms with Gasteiger partial charge in [0.05, 0.1) is 7.11 Å². The fraction of sp³-hybridized carbons (Fsp3) is 0.500. The summed E-state index contributed by atoms with van der Waals surface area (Å²) in [6.45, 7) is 3.26. The van der Waals surface area contributed by atoms with Crippen LogP contribution in [0.5, 0.6) is 0 Å². The third-order valence-corrected chi connectivity index (χ3v) is 3.72. The quantitative estimate of drug-likeness (QED) is 0.732. The summed E-state index contributed by atoms with van der Waals surface area (Å²) in [5.74, 6) is -0.466. The van der Waals surface area contributed by atoms with Crippen LogP contribution in [-0.4, -0.2) is 34.1 Å². The van der Waals surface area contributed by atoms with Crippen molar-refractivity contribution in [2.45, 2.75) is 25.0 Å². The van der Waals surface area contributed by atoms with Gasteiger partial charge in [0.15, 0.2) is 0 Å². The van der Waals surface area contributed by atoms with E-state index in [9.17, 15) is 13.2 Å². The first-order valence-corrected chi connectivity index (χ1v) is 6.71. The summed E-state index contributed by atoms with van der Waals surface area (Å²) in [5.41, 5.74) is 5.41. The minimum atomic E-state index is -3.82. The normalized spacial score (nSPS) is 13.3. The Bertz CT molecular complexity index is 534. The number of aryl methyl sites for hydroxylation is 1. The summed E-state index contributed by atoms with van der Waals surface area (Å²) in [6, 6.07) is 0.703. The van der Waals surface area contributed by atoms with Gasteiger partial charge in [-0.25, -0.2) is 17.9 Å². The van der Waals surface area contributed by atoms with Gasteiger partial charge in [-0.3, -0.25) is 0 Å². The Kier molecular flexibility index (Phi) is 4.49. The Balaban J connectivity index is 3.08. The van der Waals surface area contributed by atoms with E-state index in [1.807, 2.05) is 0 Å². The zero-order chi connectivity index (χ0) is 13.9. The van der Waals surface area contributed by atoms with Gasteiger partial charge in [-0.2, -0.15) is 0 Å². The molecule has 3 N–H and O–H groups in total. The SMILES string of the molecule is COC(=O)c1cc(S(=O)(=O)N[C@@H](C)CN)oc1C. The zero-order valence-corrected chi connectivity index (χ0v) is 11.2. The number of nitrogens with two attached hydrogens (primary N) is 1. The predicted octanol–water partition coefficient (Wildman–Crippen LogP) is 0.000120. The number of carbonyl (C=O) groups is 1. The molecule has 0 saturated carbocycles. The maximum atomic E-state index is 11.9. The summed E-state index contributed by atoms with van der Waals surface area (Å²) < 4.78 is 35.6. The van der Waals surface area contributed by atoms with Gasteiger partial charge >= 0.3 is 5.97 Å². The van der Waals surface area contributed by atoms with E-state index >= 15 is 0 Å². The van der Waals surface area contributed by atoms with Gasteiger partial charge < -0.3 is 14.9 Å². The predicted molar refractivity (Wildman–Crippen MR) is 63.6 cm³/mol. The maximum Gasteiger partial charge on any atom is 0.341 e. The Hall–Kier alpha value is -1.38. The third-order valence-electron chi connectivity index (χ3n) is 2.28. The first-order chi connectivity index (χ1) is 8.31. The number of nitrogens with one attached hydrogen (secondary N) is 1. The molecule has 0 aliphatic rings. The first-order valence-electron chi connectivity index (χ1n) is 5.23. The molecule has 0 aromatic carbocycles. The summed E-state index contributed by atoms with van der Waals surface area (Å²) in [4.78, 5) is 11.3. The standard InChI is InChI=1S/C10H16N2O5S/c1-6(5-11)12-18(14,15)9-4-8(7(2)17-9)10(13)16-3/h4,6,12H,5,11H2,1-3H3/t6-/m0/s1. The number of sulfonamides is 1. The van der Waals surface area contributed by atoms with Crippen molar-refractivity contribution in [1.82, 2.24) is 4.72 Å². The Labute approximate surface area is 105 Å². The molecule has 0 saturated heterocycles. The lowest BCUT2D eigenvalue weighted by Crippen LogP contribution is -2.37. The van der Waals surface area contributed by atoms with Gasteiger partial charge in [-0.15, -0.1) is 0 Å². The van der Waals surface area contributed by atoms with Crippen LogP contribution in [0.2, 0.25) is 0 Å². The molecule has 8 heteroatoms. The molecule has 1 heterocycles. The lowest BCUT2D eigenvalue weighted by Gasteiger charge is -2.09. The van der Waals surface area contributed by atoms with Gasteiger partial charge in [0, 0.05) is 18.7 Å². The minimum absolute atomic E-state index is 0.0817. The van der Waals surface area contributed by atoms with E-state index < -0.39 is 22.0 Å². The van der Waals surface area contributed by atoms with E-state index in [0.717, 1.165) is 6.07 Å². The lowest BCUT2D eigenvalue weighted by atomic mass is 10.3. The maximum absolute atomic E-state index is 11.9. The third kappa shape index (κ3) is 3.09. The van der Waals surface area contributed by atoms with E-state index in [1.165, 1.54) is 14.0 Å². The second-order valence-electron chi connectivity index (χ2n) is 3.78. The number of hydrogen-bond acceptors (Lipinski definition) is 6. The molecule has 0 spiro atoms. The number of hydrogen-bond donors (Lipinski definition) is 2. The van der Waals surface area contributed by atoms with Crippen molar-refractivity contribution in [2.75, 3.05) is 13.7 Å². The molecule has 0 unspecified atom stereocenters. The molecular formula is C10H16N2O5S. The van der Waals surface area contributed by atoms with E-state index in [4.69, 9.17) is 10.2 Å². The van der Waals surface area contributed by atoms with Crippen molar-refractivity contribution in [3.63, 3.8) is 0 Å². The second kappa shape index (κ2) is 5.51. The molecule has 102 valence electrons. The summed E-state index contributed by atoms with van der Waals surface area (Å²) >= 11 is 0. The number of methoxy groups -OCH3 is 1. The highest BCUT2D eigenvalue weighted by Gasteiger charge is 2.25. The highest BCUT2D eigenvalue weighted by Crippen LogP contribution is 2.19. The van der Waals surface area contributed by atoms with E-state index in [-0.39, 0.29) is 23.0 Å². The highest BCUT2D eigenvalue weighted by molar-refractivity contribution is 7.89. The number of esters is 1. The van der Waals surface area contributed by atoms with Crippen LogP contribution in [-0.2, 0) is 14.8 Å². The molecule has 0 amide bonds. The topological polar surface area (TPSA) is 112 Å². The smallest absolute Gasteiger partial charge is 0.341 e. The van der Waals surface area contributed by atoms with Gasteiger partial charge in [0.1, 0.15) is 11.3 Å². The van der Waals surface area contributed by atoms with Crippen LogP contribution in [0, 0.1) is 6.92 Å². The Morgan fingerprint density at radius 3 is 2.72 bits per heavy atom. The molecule has 1 rings (SSSR count). The fourth-order valence-corrected chi connectivity index (χ4v) is 2.52. The molecule has 0 aliphatic heterocycles. The second-order valence-corrected chi connectivity index (χ2v) is 5.43. The average Bonchev–Trinajstić information content (AvgIpc) is 2.70. The number of ether oxygens (including phenoxy) is 1. The average molecular weight is 276 g/mol. The molecule has 1 atom stereocenters. The molecule has 18 heavy (non-hydrogen) atoms. The Morgan fingerprint density at radius 1 is 1.61 bits per heavy atom. The van der Waals surface area contributed by atoms with Crippen LogP contribution in [0.25, 0.3) is 0 Å². The van der Waals surface area contributed by atoms with Crippen LogP contribution in [0.4, 0.5) is 0 Å². The van der Waals surface area contributed by atoms with Gasteiger partial charge in [0.25, 0.3) is 10.0 Å². The molecule has 0 aliphatic carbocycles. The van der Waals surface area contributed by atoms with Gasteiger partial charge in [0.2, 0.25) is 5.09 Å². The van der Waals surface area contributed by atoms with Gasteiger partial charge in [-0.1, -0.05) is 0 Å². The largest absolute Gasteiger partial charge is 0.465 e. The van der Waals surface area contributed by atoms with Crippen molar-refractivity contribution in [2.24, 2.45) is 5.73 Å². The zero-order valence-electron chi connectivity index (χ0n) is 10.4. The highest BCUT2D eigenvalue weighted by atomic mass is 32.2. The number of rotatable bonds is 5. The van der Waals surface area contributed by atoms with Crippen molar-refractivity contribution in [1.29, 1.82) is 0 Å². The van der Waals surface area contributed by atoms with Crippen LogP contribution in [0.3, 0.4) is 0 Å². The summed E-state index contributed by atoms with van der Waals surface area (Å²) in [5, 5.41) is -0.333. The molecular weight excluding hydrogens is 260 g/mol. The van der Waals surface area contributed by atoms with Crippen LogP contribution in [0.15, 0.2) is 15.6 Å². The van der Waals surface area contributed by atoms with Crippen molar-refractivity contribution in [3.8, 4) is 0 Å². The van der Waals surface area contributed by atoms with Crippen LogP contribution < -0.4 is 10.5 Å². The monoisotopic (exact) mass is 276 g/mol. The first kappa shape index (κ1) is 14.7. The van der Waals surface area contributed by atoms with Crippen LogP contribution in [0.1, 0.15) is 23.0 Å². The van der Waals surface area contributed by atoms with Crippen molar-refractivity contribution in [3.05, 3.63) is 17.4 Å². The lowest BCUT2D eigenvalue weighted by molar-refractivity contribution is 0.0599.